The average molecular weight is 278 g/mol. The third-order valence-corrected chi connectivity index (χ3v) is 3.13. The van der Waals surface area contributed by atoms with E-state index in [0.29, 0.717) is 0 Å². The molecule has 0 radical (unpaired) electrons. The Bertz CT molecular complexity index is 468. The summed E-state index contributed by atoms with van der Waals surface area (Å²) in [5, 5.41) is 9.11. The number of carboxylic acids is 1. The second-order valence-electron chi connectivity index (χ2n) is 5.79. The molecule has 0 aliphatic rings. The number of carboxylic acid groups (broad SMARTS) is 1. The lowest BCUT2D eigenvalue weighted by Crippen LogP contribution is -2.28. The SMILES string of the molecule is CCOC(=O)C(Cc1ccc(C(C)(C)C)cc1)C(=O)O. The fourth-order valence-electron chi connectivity index (χ4n) is 1.89. The van der Waals surface area contributed by atoms with Crippen LogP contribution >= 0.6 is 0 Å². The van der Waals surface area contributed by atoms with Crippen molar-refractivity contribution in [3.8, 4) is 0 Å². The van der Waals surface area contributed by atoms with Gasteiger partial charge in [0.1, 0.15) is 0 Å². The molecule has 4 nitrogen and oxygen atoms in total. The van der Waals surface area contributed by atoms with E-state index in [2.05, 4.69) is 20.8 Å². The second-order valence-corrected chi connectivity index (χ2v) is 5.79. The third kappa shape index (κ3) is 4.37. The summed E-state index contributed by atoms with van der Waals surface area (Å²) in [5.74, 6) is -2.97. The smallest absolute Gasteiger partial charge is 0.320 e. The van der Waals surface area contributed by atoms with Crippen LogP contribution < -0.4 is 0 Å². The van der Waals surface area contributed by atoms with Crippen LogP contribution in [0, 0.1) is 5.92 Å². The molecular weight excluding hydrogens is 256 g/mol. The van der Waals surface area contributed by atoms with Gasteiger partial charge in [0.05, 0.1) is 6.61 Å². The summed E-state index contributed by atoms with van der Waals surface area (Å²) >= 11 is 0. The molecule has 1 rings (SSSR count). The number of esters is 1. The van der Waals surface area contributed by atoms with Gasteiger partial charge in [-0.3, -0.25) is 9.59 Å². The maximum Gasteiger partial charge on any atom is 0.320 e. The third-order valence-electron chi connectivity index (χ3n) is 3.13. The van der Waals surface area contributed by atoms with E-state index in [-0.39, 0.29) is 18.4 Å². The van der Waals surface area contributed by atoms with Crippen LogP contribution in [0.2, 0.25) is 0 Å². The fourth-order valence-corrected chi connectivity index (χ4v) is 1.89. The molecule has 4 heteroatoms. The first-order valence-corrected chi connectivity index (χ1v) is 6.74. The minimum absolute atomic E-state index is 0.0475. The highest BCUT2D eigenvalue weighted by molar-refractivity contribution is 5.94. The van der Waals surface area contributed by atoms with E-state index in [1.54, 1.807) is 6.92 Å². The standard InChI is InChI=1S/C16H22O4/c1-5-20-15(19)13(14(17)18)10-11-6-8-12(9-7-11)16(2,3)4/h6-9,13H,5,10H2,1-4H3,(H,17,18). The first-order chi connectivity index (χ1) is 9.25. The van der Waals surface area contributed by atoms with Crippen molar-refractivity contribution in [3.63, 3.8) is 0 Å². The lowest BCUT2D eigenvalue weighted by atomic mass is 9.86. The van der Waals surface area contributed by atoms with Gasteiger partial charge in [-0.1, -0.05) is 45.0 Å². The minimum Gasteiger partial charge on any atom is -0.481 e. The Morgan fingerprint density at radius 3 is 2.15 bits per heavy atom. The Hall–Kier alpha value is -1.84. The van der Waals surface area contributed by atoms with Crippen molar-refractivity contribution in [3.05, 3.63) is 35.4 Å². The molecule has 110 valence electrons. The van der Waals surface area contributed by atoms with Gasteiger partial charge in [-0.15, -0.1) is 0 Å². The number of carbonyl (C=O) groups excluding carboxylic acids is 1. The molecule has 20 heavy (non-hydrogen) atoms. The van der Waals surface area contributed by atoms with E-state index in [0.717, 1.165) is 5.56 Å². The summed E-state index contributed by atoms with van der Waals surface area (Å²) in [6.07, 6.45) is 0.151. The lowest BCUT2D eigenvalue weighted by molar-refractivity contribution is -0.158. The molecule has 1 unspecified atom stereocenters. The summed E-state index contributed by atoms with van der Waals surface area (Å²) in [7, 11) is 0. The normalized spacial score (nSPS) is 12.8. The molecule has 0 saturated heterocycles. The number of rotatable bonds is 5. The summed E-state index contributed by atoms with van der Waals surface area (Å²) in [6.45, 7) is 8.18. The molecular formula is C16H22O4. The summed E-state index contributed by atoms with van der Waals surface area (Å²) in [5.41, 5.74) is 2.04. The molecule has 0 fully saturated rings. The van der Waals surface area contributed by atoms with Crippen molar-refractivity contribution in [1.29, 1.82) is 0 Å². The Balaban J connectivity index is 2.85. The Kier molecular flexibility index (Phi) is 5.31. The minimum atomic E-state index is -1.15. The van der Waals surface area contributed by atoms with Crippen molar-refractivity contribution in [2.75, 3.05) is 6.61 Å². The largest absolute Gasteiger partial charge is 0.481 e. The van der Waals surface area contributed by atoms with Crippen molar-refractivity contribution >= 4 is 11.9 Å². The molecule has 1 aromatic rings. The van der Waals surface area contributed by atoms with Gasteiger partial charge in [-0.05, 0) is 29.9 Å². The molecule has 0 saturated carbocycles. The molecule has 0 bridgehead atoms. The van der Waals surface area contributed by atoms with Gasteiger partial charge in [0, 0.05) is 0 Å². The summed E-state index contributed by atoms with van der Waals surface area (Å²) < 4.78 is 4.80. The van der Waals surface area contributed by atoms with Crippen molar-refractivity contribution < 1.29 is 19.4 Å². The molecule has 0 aromatic heterocycles. The maximum atomic E-state index is 11.6. The predicted octanol–water partition coefficient (Wildman–Crippen LogP) is 2.79. The van der Waals surface area contributed by atoms with E-state index in [9.17, 15) is 9.59 Å². The molecule has 0 amide bonds. The van der Waals surface area contributed by atoms with Crippen LogP contribution in [0.1, 0.15) is 38.8 Å². The number of hydrogen-bond acceptors (Lipinski definition) is 3. The van der Waals surface area contributed by atoms with Crippen LogP contribution in [-0.2, 0) is 26.2 Å². The monoisotopic (exact) mass is 278 g/mol. The molecule has 0 spiro atoms. The van der Waals surface area contributed by atoms with E-state index in [4.69, 9.17) is 9.84 Å². The van der Waals surface area contributed by atoms with Crippen LogP contribution in [-0.4, -0.2) is 23.7 Å². The summed E-state index contributed by atoms with van der Waals surface area (Å²) in [6, 6.07) is 7.68. The zero-order chi connectivity index (χ0) is 15.3. The summed E-state index contributed by atoms with van der Waals surface area (Å²) in [4.78, 5) is 22.8. The van der Waals surface area contributed by atoms with Crippen LogP contribution in [0.4, 0.5) is 0 Å². The quantitative estimate of drug-likeness (QED) is 0.664. The van der Waals surface area contributed by atoms with Crippen LogP contribution in [0.15, 0.2) is 24.3 Å². The van der Waals surface area contributed by atoms with E-state index < -0.39 is 17.9 Å². The first-order valence-electron chi connectivity index (χ1n) is 6.74. The zero-order valence-corrected chi connectivity index (χ0v) is 12.5. The molecule has 0 aliphatic heterocycles. The number of carbonyl (C=O) groups is 2. The van der Waals surface area contributed by atoms with Crippen molar-refractivity contribution in [1.82, 2.24) is 0 Å². The Morgan fingerprint density at radius 2 is 1.75 bits per heavy atom. The predicted molar refractivity (Wildman–Crippen MR) is 76.6 cm³/mol. The van der Waals surface area contributed by atoms with Crippen LogP contribution in [0.5, 0.6) is 0 Å². The first kappa shape index (κ1) is 16.2. The van der Waals surface area contributed by atoms with Crippen molar-refractivity contribution in [2.45, 2.75) is 39.5 Å². The van der Waals surface area contributed by atoms with E-state index >= 15 is 0 Å². The van der Waals surface area contributed by atoms with E-state index in [1.165, 1.54) is 5.56 Å². The Morgan fingerprint density at radius 1 is 1.20 bits per heavy atom. The highest BCUT2D eigenvalue weighted by Crippen LogP contribution is 2.23. The average Bonchev–Trinajstić information content (AvgIpc) is 2.35. The molecule has 1 aromatic carbocycles. The molecule has 0 heterocycles. The second kappa shape index (κ2) is 6.55. The highest BCUT2D eigenvalue weighted by Gasteiger charge is 2.28. The lowest BCUT2D eigenvalue weighted by Gasteiger charge is -2.19. The fraction of sp³-hybridized carbons (Fsp3) is 0.500. The van der Waals surface area contributed by atoms with Gasteiger partial charge in [-0.2, -0.15) is 0 Å². The number of ether oxygens (including phenoxy) is 1. The van der Waals surface area contributed by atoms with Gasteiger partial charge in [0.15, 0.2) is 5.92 Å². The highest BCUT2D eigenvalue weighted by atomic mass is 16.5. The number of benzene rings is 1. The topological polar surface area (TPSA) is 63.6 Å². The van der Waals surface area contributed by atoms with Crippen LogP contribution in [0.25, 0.3) is 0 Å². The Labute approximate surface area is 119 Å². The van der Waals surface area contributed by atoms with Crippen LogP contribution in [0.3, 0.4) is 0 Å². The van der Waals surface area contributed by atoms with E-state index in [1.807, 2.05) is 24.3 Å². The zero-order valence-electron chi connectivity index (χ0n) is 12.5. The van der Waals surface area contributed by atoms with Gasteiger partial charge in [0.2, 0.25) is 0 Å². The van der Waals surface area contributed by atoms with Gasteiger partial charge < -0.3 is 9.84 Å². The molecule has 1 atom stereocenters. The van der Waals surface area contributed by atoms with Gasteiger partial charge in [-0.25, -0.2) is 0 Å². The number of hydrogen-bond donors (Lipinski definition) is 1. The van der Waals surface area contributed by atoms with Crippen molar-refractivity contribution in [2.24, 2.45) is 5.92 Å². The number of aliphatic carboxylic acids is 1. The van der Waals surface area contributed by atoms with Gasteiger partial charge in [0.25, 0.3) is 0 Å². The molecule has 0 aliphatic carbocycles. The van der Waals surface area contributed by atoms with Gasteiger partial charge >= 0.3 is 11.9 Å². The maximum absolute atomic E-state index is 11.6. The molecule has 1 N–H and O–H groups in total.